The number of nitrogens with zero attached hydrogens (tertiary/aromatic N) is 2. The van der Waals surface area contributed by atoms with Crippen molar-refractivity contribution in [1.82, 2.24) is 0 Å². The minimum atomic E-state index is 0.0829. The summed E-state index contributed by atoms with van der Waals surface area (Å²) < 4.78 is 0. The molecule has 2 aromatic rings. The molecule has 3 heteroatoms. The highest BCUT2D eigenvalue weighted by atomic mass is 15.2. The van der Waals surface area contributed by atoms with Gasteiger partial charge in [-0.1, -0.05) is 42.5 Å². The van der Waals surface area contributed by atoms with E-state index in [0.717, 1.165) is 18.7 Å². The van der Waals surface area contributed by atoms with Crippen molar-refractivity contribution in [3.63, 3.8) is 0 Å². The van der Waals surface area contributed by atoms with Crippen molar-refractivity contribution in [3.05, 3.63) is 65.7 Å². The number of hydrogen-bond donors (Lipinski definition) is 1. The van der Waals surface area contributed by atoms with Crippen LogP contribution in [0.1, 0.15) is 36.1 Å². The minimum Gasteiger partial charge on any atom is -0.363 e. The normalized spacial score (nSPS) is 19.8. The Balaban J connectivity index is 1.97. The van der Waals surface area contributed by atoms with E-state index in [1.807, 2.05) is 24.3 Å². The maximum Gasteiger partial charge on any atom is 0.0640 e. The molecule has 2 aromatic carbocycles. The van der Waals surface area contributed by atoms with Gasteiger partial charge in [0.1, 0.15) is 0 Å². The Hall–Kier alpha value is -2.31. The number of nitriles is 1. The van der Waals surface area contributed by atoms with Gasteiger partial charge in [-0.3, -0.25) is 0 Å². The van der Waals surface area contributed by atoms with Gasteiger partial charge in [0.25, 0.3) is 0 Å². The van der Waals surface area contributed by atoms with E-state index in [2.05, 4.69) is 41.3 Å². The first-order valence-electron chi connectivity index (χ1n) is 7.34. The number of nitrogens with two attached hydrogens (primary N) is 1. The van der Waals surface area contributed by atoms with Gasteiger partial charge in [-0.2, -0.15) is 5.26 Å². The lowest BCUT2D eigenvalue weighted by molar-refractivity contribution is 0.567. The van der Waals surface area contributed by atoms with Gasteiger partial charge in [0.05, 0.1) is 18.5 Å². The summed E-state index contributed by atoms with van der Waals surface area (Å²) in [6.07, 6.45) is 1.42. The largest absolute Gasteiger partial charge is 0.363 e. The summed E-state index contributed by atoms with van der Waals surface area (Å²) >= 11 is 0. The molecule has 0 amide bonds. The van der Waals surface area contributed by atoms with Crippen molar-refractivity contribution in [2.45, 2.75) is 24.9 Å². The summed E-state index contributed by atoms with van der Waals surface area (Å²) in [6.45, 7) is 0.728. The minimum absolute atomic E-state index is 0.0829. The molecule has 2 atom stereocenters. The molecule has 21 heavy (non-hydrogen) atoms. The Morgan fingerprint density at radius 3 is 2.43 bits per heavy atom. The van der Waals surface area contributed by atoms with Gasteiger partial charge in [0.2, 0.25) is 0 Å². The van der Waals surface area contributed by atoms with Gasteiger partial charge in [0, 0.05) is 18.3 Å². The lowest BCUT2D eigenvalue weighted by Crippen LogP contribution is -2.28. The number of hydrogen-bond acceptors (Lipinski definition) is 3. The molecule has 3 nitrogen and oxygen atoms in total. The van der Waals surface area contributed by atoms with Crippen LogP contribution in [0.15, 0.2) is 54.6 Å². The average Bonchev–Trinajstić information content (AvgIpc) is 2.87. The molecule has 0 bridgehead atoms. The Morgan fingerprint density at radius 1 is 1.05 bits per heavy atom. The highest BCUT2D eigenvalue weighted by Gasteiger charge is 2.32. The van der Waals surface area contributed by atoms with Crippen molar-refractivity contribution < 1.29 is 0 Å². The molecule has 1 aliphatic rings. The van der Waals surface area contributed by atoms with Crippen LogP contribution in [-0.2, 0) is 0 Å². The molecule has 0 fully saturated rings. The maximum atomic E-state index is 8.95. The van der Waals surface area contributed by atoms with E-state index in [4.69, 9.17) is 11.0 Å². The second-order valence-corrected chi connectivity index (χ2v) is 5.42. The SMILES string of the molecule is N#CCCN(c1ccccc1)C1CC(N)c2ccccc21. The van der Waals surface area contributed by atoms with Crippen molar-refractivity contribution in [1.29, 1.82) is 5.26 Å². The van der Waals surface area contributed by atoms with Crippen LogP contribution < -0.4 is 10.6 Å². The van der Waals surface area contributed by atoms with E-state index in [0.29, 0.717) is 6.42 Å². The summed E-state index contributed by atoms with van der Waals surface area (Å²) in [7, 11) is 0. The van der Waals surface area contributed by atoms with Crippen LogP contribution in [0.25, 0.3) is 0 Å². The van der Waals surface area contributed by atoms with Gasteiger partial charge in [-0.15, -0.1) is 0 Å². The molecule has 3 rings (SSSR count). The molecule has 106 valence electrons. The third-order valence-electron chi connectivity index (χ3n) is 4.16. The number of para-hydroxylation sites is 1. The Labute approximate surface area is 125 Å². The first-order valence-corrected chi connectivity index (χ1v) is 7.34. The van der Waals surface area contributed by atoms with Crippen molar-refractivity contribution in [3.8, 4) is 6.07 Å². The Bertz CT molecular complexity index is 645. The quantitative estimate of drug-likeness (QED) is 0.929. The highest BCUT2D eigenvalue weighted by Crippen LogP contribution is 2.42. The number of fused-ring (bicyclic) bond motifs is 1. The van der Waals surface area contributed by atoms with Crippen LogP contribution in [0.4, 0.5) is 5.69 Å². The molecule has 0 heterocycles. The van der Waals surface area contributed by atoms with Crippen LogP contribution in [0.2, 0.25) is 0 Å². The summed E-state index contributed by atoms with van der Waals surface area (Å²) in [5, 5.41) is 8.95. The van der Waals surface area contributed by atoms with Crippen molar-refractivity contribution >= 4 is 5.69 Å². The van der Waals surface area contributed by atoms with Crippen molar-refractivity contribution in [2.75, 3.05) is 11.4 Å². The molecule has 0 saturated heterocycles. The Morgan fingerprint density at radius 2 is 1.71 bits per heavy atom. The second-order valence-electron chi connectivity index (χ2n) is 5.42. The highest BCUT2D eigenvalue weighted by molar-refractivity contribution is 5.52. The van der Waals surface area contributed by atoms with Crippen LogP contribution >= 0.6 is 0 Å². The first kappa shape index (κ1) is 13.7. The predicted octanol–water partition coefficient (Wildman–Crippen LogP) is 3.55. The number of rotatable bonds is 4. The molecule has 1 aliphatic carbocycles. The predicted molar refractivity (Wildman–Crippen MR) is 84.7 cm³/mol. The monoisotopic (exact) mass is 277 g/mol. The molecule has 2 unspecified atom stereocenters. The standard InChI is InChI=1S/C18H19N3/c19-11-6-12-21(14-7-2-1-3-8-14)18-13-17(20)15-9-4-5-10-16(15)18/h1-5,7-10,17-18H,6,12-13,20H2. The molecule has 2 N–H and O–H groups in total. The zero-order valence-corrected chi connectivity index (χ0v) is 11.9. The van der Waals surface area contributed by atoms with E-state index in [9.17, 15) is 0 Å². The fourth-order valence-electron chi connectivity index (χ4n) is 3.20. The molecule has 0 aliphatic heterocycles. The lowest BCUT2D eigenvalue weighted by Gasteiger charge is -2.31. The molecular formula is C18H19N3. The molecule has 0 radical (unpaired) electrons. The van der Waals surface area contributed by atoms with Gasteiger partial charge in [0.15, 0.2) is 0 Å². The summed E-state index contributed by atoms with van der Waals surface area (Å²) in [4.78, 5) is 2.31. The summed E-state index contributed by atoms with van der Waals surface area (Å²) in [5.74, 6) is 0. The maximum absolute atomic E-state index is 8.95. The molecule has 0 spiro atoms. The second kappa shape index (κ2) is 5.99. The van der Waals surface area contributed by atoms with Crippen LogP contribution in [0.3, 0.4) is 0 Å². The van der Waals surface area contributed by atoms with E-state index in [1.165, 1.54) is 11.1 Å². The molecule has 0 aromatic heterocycles. The van der Waals surface area contributed by atoms with Gasteiger partial charge in [-0.05, 0) is 29.7 Å². The first-order chi connectivity index (χ1) is 10.3. The number of benzene rings is 2. The average molecular weight is 277 g/mol. The fourth-order valence-corrected chi connectivity index (χ4v) is 3.20. The summed E-state index contributed by atoms with van der Waals surface area (Å²) in [5.41, 5.74) is 9.98. The smallest absolute Gasteiger partial charge is 0.0640 e. The van der Waals surface area contributed by atoms with Crippen LogP contribution in [0.5, 0.6) is 0 Å². The molecular weight excluding hydrogens is 258 g/mol. The number of anilines is 1. The van der Waals surface area contributed by atoms with Gasteiger partial charge >= 0.3 is 0 Å². The van der Waals surface area contributed by atoms with Crippen LogP contribution in [0, 0.1) is 11.3 Å². The van der Waals surface area contributed by atoms with Crippen molar-refractivity contribution in [2.24, 2.45) is 5.73 Å². The van der Waals surface area contributed by atoms with Crippen LogP contribution in [-0.4, -0.2) is 6.54 Å². The summed E-state index contributed by atoms with van der Waals surface area (Å²) in [6, 6.07) is 21.3. The third kappa shape index (κ3) is 2.63. The van der Waals surface area contributed by atoms with E-state index in [-0.39, 0.29) is 12.1 Å². The van der Waals surface area contributed by atoms with Gasteiger partial charge < -0.3 is 10.6 Å². The van der Waals surface area contributed by atoms with E-state index in [1.54, 1.807) is 0 Å². The topological polar surface area (TPSA) is 53.0 Å². The van der Waals surface area contributed by atoms with E-state index < -0.39 is 0 Å². The zero-order chi connectivity index (χ0) is 14.7. The fraction of sp³-hybridized carbons (Fsp3) is 0.278. The molecule has 0 saturated carbocycles. The van der Waals surface area contributed by atoms with Gasteiger partial charge in [-0.25, -0.2) is 0 Å². The zero-order valence-electron chi connectivity index (χ0n) is 11.9. The Kier molecular flexibility index (Phi) is 3.89. The third-order valence-corrected chi connectivity index (χ3v) is 4.16. The lowest BCUT2D eigenvalue weighted by atomic mass is 10.1. The van der Waals surface area contributed by atoms with E-state index >= 15 is 0 Å².